The number of nitrogens with zero attached hydrogens (tertiary/aromatic N) is 3. The maximum Gasteiger partial charge on any atom is 0.355 e. The third-order valence-corrected chi connectivity index (χ3v) is 4.81. The molecule has 6 heteroatoms. The number of hydrogen-bond donors (Lipinski definition) is 0. The number of ether oxygens (including phenoxy) is 1. The molecule has 0 aliphatic rings. The van der Waals surface area contributed by atoms with Crippen molar-refractivity contribution in [2.75, 3.05) is 6.61 Å². The first-order valence-corrected chi connectivity index (χ1v) is 9.24. The number of esters is 1. The summed E-state index contributed by atoms with van der Waals surface area (Å²) in [6, 6.07) is 19.3. The molecule has 0 atom stereocenters. The zero-order valence-corrected chi connectivity index (χ0v) is 15.8. The molecule has 0 unspecified atom stereocenters. The molecule has 4 rings (SSSR count). The molecule has 29 heavy (non-hydrogen) atoms. The van der Waals surface area contributed by atoms with Crippen molar-refractivity contribution in [2.45, 2.75) is 13.5 Å². The number of aromatic nitrogens is 2. The number of benzene rings is 2. The van der Waals surface area contributed by atoms with E-state index in [2.05, 4.69) is 6.07 Å². The molecule has 0 amide bonds. The van der Waals surface area contributed by atoms with E-state index in [9.17, 15) is 14.4 Å². The van der Waals surface area contributed by atoms with Crippen molar-refractivity contribution in [2.24, 2.45) is 0 Å². The smallest absolute Gasteiger partial charge is 0.355 e. The van der Waals surface area contributed by atoms with Gasteiger partial charge in [-0.15, -0.1) is 0 Å². The third kappa shape index (κ3) is 3.39. The Morgan fingerprint density at radius 2 is 1.86 bits per heavy atom. The molecule has 2 heterocycles. The molecule has 2 aromatic carbocycles. The summed E-state index contributed by atoms with van der Waals surface area (Å²) >= 11 is 0. The number of fused-ring (bicyclic) bond motifs is 1. The molecule has 5 nitrogen and oxygen atoms in total. The van der Waals surface area contributed by atoms with Crippen molar-refractivity contribution >= 4 is 17.0 Å². The van der Waals surface area contributed by atoms with Gasteiger partial charge >= 0.3 is 5.97 Å². The standard InChI is InChI=1S/C23H18FN3O2/c1-2-29-23(28)22-13-21-20(11-12-26(21)19-9-7-18(24)8-10-19)27(22)15-17-6-4-3-5-16(17)14-25/h3-13H,2,15H2,1H3. The molecule has 0 spiro atoms. The Kier molecular flexibility index (Phi) is 4.88. The lowest BCUT2D eigenvalue weighted by molar-refractivity contribution is 0.0515. The van der Waals surface area contributed by atoms with Crippen LogP contribution in [0.5, 0.6) is 0 Å². The molecule has 0 radical (unpaired) electrons. The van der Waals surface area contributed by atoms with Crippen LogP contribution in [0.3, 0.4) is 0 Å². The highest BCUT2D eigenvalue weighted by molar-refractivity contribution is 5.95. The van der Waals surface area contributed by atoms with Crippen molar-refractivity contribution in [3.8, 4) is 11.8 Å². The molecule has 0 aliphatic carbocycles. The maximum atomic E-state index is 13.3. The monoisotopic (exact) mass is 387 g/mol. The Balaban J connectivity index is 1.87. The Morgan fingerprint density at radius 3 is 2.59 bits per heavy atom. The molecule has 144 valence electrons. The van der Waals surface area contributed by atoms with Crippen molar-refractivity contribution in [3.05, 3.63) is 89.5 Å². The largest absolute Gasteiger partial charge is 0.461 e. The lowest BCUT2D eigenvalue weighted by Gasteiger charge is -2.10. The Hall–Kier alpha value is -3.85. The van der Waals surface area contributed by atoms with Crippen molar-refractivity contribution in [1.82, 2.24) is 9.13 Å². The number of halogens is 1. The quantitative estimate of drug-likeness (QED) is 0.468. The normalized spacial score (nSPS) is 10.8. The van der Waals surface area contributed by atoms with Gasteiger partial charge in [-0.2, -0.15) is 5.26 Å². The summed E-state index contributed by atoms with van der Waals surface area (Å²) in [6.07, 6.45) is 1.87. The van der Waals surface area contributed by atoms with E-state index in [4.69, 9.17) is 4.74 Å². The van der Waals surface area contributed by atoms with Gasteiger partial charge in [-0.25, -0.2) is 9.18 Å². The van der Waals surface area contributed by atoms with Gasteiger partial charge in [-0.05, 0) is 55.0 Å². The average Bonchev–Trinajstić information content (AvgIpc) is 3.29. The lowest BCUT2D eigenvalue weighted by atomic mass is 10.1. The number of carbonyl (C=O) groups excluding carboxylic acids is 1. The van der Waals surface area contributed by atoms with Crippen molar-refractivity contribution in [1.29, 1.82) is 5.26 Å². The van der Waals surface area contributed by atoms with Gasteiger partial charge in [-0.3, -0.25) is 0 Å². The Labute approximate surface area is 167 Å². The summed E-state index contributed by atoms with van der Waals surface area (Å²) in [6.45, 7) is 2.38. The summed E-state index contributed by atoms with van der Waals surface area (Å²) < 4.78 is 22.3. The summed E-state index contributed by atoms with van der Waals surface area (Å²) in [7, 11) is 0. The molecule has 2 aromatic heterocycles. The van der Waals surface area contributed by atoms with E-state index in [1.807, 2.05) is 39.6 Å². The van der Waals surface area contributed by atoms with Crippen LogP contribution in [0, 0.1) is 17.1 Å². The minimum absolute atomic E-state index is 0.265. The van der Waals surface area contributed by atoms with Crippen LogP contribution in [-0.2, 0) is 11.3 Å². The molecule has 0 N–H and O–H groups in total. The zero-order valence-electron chi connectivity index (χ0n) is 15.8. The van der Waals surface area contributed by atoms with Gasteiger partial charge in [0.1, 0.15) is 11.5 Å². The highest BCUT2D eigenvalue weighted by Gasteiger charge is 2.20. The number of nitriles is 1. The van der Waals surface area contributed by atoms with E-state index in [-0.39, 0.29) is 12.4 Å². The van der Waals surface area contributed by atoms with Gasteiger partial charge in [0.25, 0.3) is 0 Å². The molecule has 0 saturated heterocycles. The highest BCUT2D eigenvalue weighted by Crippen LogP contribution is 2.27. The van der Waals surface area contributed by atoms with E-state index in [0.29, 0.717) is 17.8 Å². The van der Waals surface area contributed by atoms with Gasteiger partial charge in [0.15, 0.2) is 0 Å². The highest BCUT2D eigenvalue weighted by atomic mass is 19.1. The first kappa shape index (κ1) is 18.5. The minimum atomic E-state index is -0.427. The van der Waals surface area contributed by atoms with Crippen molar-refractivity contribution < 1.29 is 13.9 Å². The van der Waals surface area contributed by atoms with Crippen molar-refractivity contribution in [3.63, 3.8) is 0 Å². The van der Waals surface area contributed by atoms with Gasteiger partial charge in [0, 0.05) is 18.4 Å². The van der Waals surface area contributed by atoms with Gasteiger partial charge in [0.2, 0.25) is 0 Å². The first-order valence-electron chi connectivity index (χ1n) is 9.24. The van der Waals surface area contributed by atoms with Crippen LogP contribution in [0.2, 0.25) is 0 Å². The van der Waals surface area contributed by atoms with Crippen LogP contribution in [0.15, 0.2) is 66.9 Å². The molecule has 0 saturated carbocycles. The predicted octanol–water partition coefficient (Wildman–Crippen LogP) is 4.67. The summed E-state index contributed by atoms with van der Waals surface area (Å²) in [5.74, 6) is -0.737. The molecular formula is C23H18FN3O2. The van der Waals surface area contributed by atoms with Crippen LogP contribution in [-0.4, -0.2) is 21.7 Å². The SMILES string of the molecule is CCOC(=O)c1cc2c(ccn2-c2ccc(F)cc2)n1Cc1ccccc1C#N. The molecular weight excluding hydrogens is 369 g/mol. The molecule has 4 aromatic rings. The van der Waals surface area contributed by atoms with Crippen LogP contribution < -0.4 is 0 Å². The van der Waals surface area contributed by atoms with E-state index in [0.717, 1.165) is 22.3 Å². The second-order valence-electron chi connectivity index (χ2n) is 6.54. The van der Waals surface area contributed by atoms with Gasteiger partial charge in [-0.1, -0.05) is 18.2 Å². The van der Waals surface area contributed by atoms with E-state index < -0.39 is 5.97 Å². The minimum Gasteiger partial charge on any atom is -0.461 e. The van der Waals surface area contributed by atoms with Crippen LogP contribution in [0.1, 0.15) is 28.5 Å². The third-order valence-electron chi connectivity index (χ3n) is 4.81. The summed E-state index contributed by atoms with van der Waals surface area (Å²) in [4.78, 5) is 12.6. The van der Waals surface area contributed by atoms with Gasteiger partial charge < -0.3 is 13.9 Å². The first-order chi connectivity index (χ1) is 14.1. The van der Waals surface area contributed by atoms with Crippen LogP contribution in [0.4, 0.5) is 4.39 Å². The van der Waals surface area contributed by atoms with E-state index in [1.165, 1.54) is 12.1 Å². The molecule has 0 aliphatic heterocycles. The molecule has 0 fully saturated rings. The lowest BCUT2D eigenvalue weighted by Crippen LogP contribution is -2.13. The second kappa shape index (κ2) is 7.64. The Morgan fingerprint density at radius 1 is 1.10 bits per heavy atom. The fourth-order valence-corrected chi connectivity index (χ4v) is 3.45. The number of hydrogen-bond acceptors (Lipinski definition) is 3. The van der Waals surface area contributed by atoms with Gasteiger partial charge in [0.05, 0.1) is 29.3 Å². The summed E-state index contributed by atoms with van der Waals surface area (Å²) in [5, 5.41) is 9.41. The van der Waals surface area contributed by atoms with Crippen LogP contribution in [0.25, 0.3) is 16.7 Å². The van der Waals surface area contributed by atoms with E-state index in [1.54, 1.807) is 31.2 Å². The predicted molar refractivity (Wildman–Crippen MR) is 107 cm³/mol. The zero-order chi connectivity index (χ0) is 20.4. The van der Waals surface area contributed by atoms with E-state index >= 15 is 0 Å². The second-order valence-corrected chi connectivity index (χ2v) is 6.54. The fourth-order valence-electron chi connectivity index (χ4n) is 3.45. The topological polar surface area (TPSA) is 59.9 Å². The fraction of sp³-hybridized carbons (Fsp3) is 0.130. The summed E-state index contributed by atoms with van der Waals surface area (Å²) in [5.41, 5.74) is 4.18. The Bertz CT molecular complexity index is 1230. The average molecular weight is 387 g/mol. The number of carbonyl (C=O) groups is 1. The molecule has 0 bridgehead atoms. The maximum absolute atomic E-state index is 13.3. The van der Waals surface area contributed by atoms with Crippen LogP contribution >= 0.6 is 0 Å². The number of rotatable bonds is 5.